The molecule has 0 unspecified atom stereocenters. The van der Waals surface area contributed by atoms with E-state index in [9.17, 15) is 0 Å². The molecule has 9 heavy (non-hydrogen) atoms. The van der Waals surface area contributed by atoms with Gasteiger partial charge in [0, 0.05) is 0 Å². The summed E-state index contributed by atoms with van der Waals surface area (Å²) in [7, 11) is 0. The van der Waals surface area contributed by atoms with Crippen LogP contribution in [-0.4, -0.2) is 27.3 Å². The van der Waals surface area contributed by atoms with Gasteiger partial charge in [-0.25, -0.2) is 0 Å². The molecular formula is O6PbV2. The van der Waals surface area contributed by atoms with Crippen molar-refractivity contribution in [1.82, 2.24) is 0 Å². The van der Waals surface area contributed by atoms with Crippen molar-refractivity contribution in [3.8, 4) is 0 Å². The van der Waals surface area contributed by atoms with E-state index < -0.39 is 30.8 Å². The van der Waals surface area contributed by atoms with Crippen LogP contribution in [-0.2, 0) is 45.5 Å². The summed E-state index contributed by atoms with van der Waals surface area (Å²) >= 11 is -7.88. The molecule has 0 aromatic heterocycles. The first kappa shape index (κ1) is 16.7. The molecule has 0 aromatic rings. The second kappa shape index (κ2) is 11.9. The standard InChI is InChI=1S/6O.Pb.2V/q;;;;2*-1;+2;;. The monoisotopic (exact) mass is 406 g/mol. The van der Waals surface area contributed by atoms with E-state index in [1.165, 1.54) is 0 Å². The van der Waals surface area contributed by atoms with Crippen molar-refractivity contribution in [2.75, 3.05) is 0 Å². The Morgan fingerprint density at radius 3 is 0.778 bits per heavy atom. The number of hydrogen-bond acceptors (Lipinski definition) is 6. The molecule has 0 aliphatic carbocycles. The minimum absolute atomic E-state index is 0. The average molecular weight is 405 g/mol. The van der Waals surface area contributed by atoms with Crippen LogP contribution in [0.4, 0.5) is 0 Å². The van der Waals surface area contributed by atoms with E-state index in [-0.39, 0.29) is 27.3 Å². The molecule has 50 valence electrons. The van der Waals surface area contributed by atoms with Gasteiger partial charge in [0.15, 0.2) is 0 Å². The summed E-state index contributed by atoms with van der Waals surface area (Å²) in [5.41, 5.74) is 0. The molecule has 0 saturated carbocycles. The van der Waals surface area contributed by atoms with Crippen molar-refractivity contribution in [2.24, 2.45) is 0 Å². The van der Waals surface area contributed by atoms with Gasteiger partial charge in [-0.1, -0.05) is 0 Å². The van der Waals surface area contributed by atoms with Gasteiger partial charge in [0.25, 0.3) is 0 Å². The normalized spacial score (nSPS) is 5.56. The van der Waals surface area contributed by atoms with E-state index in [0.29, 0.717) is 0 Å². The molecule has 0 aliphatic heterocycles. The maximum Gasteiger partial charge on any atom is 2.00 e. The Morgan fingerprint density at radius 1 is 0.778 bits per heavy atom. The molecule has 0 N–H and O–H groups in total. The molecule has 0 rings (SSSR count). The SMILES string of the molecule is [O]=[V](=[O])[O-].[O]=[V](=[O])[O-].[Pb+2]. The molecule has 6 nitrogen and oxygen atoms in total. The Morgan fingerprint density at radius 2 is 0.778 bits per heavy atom. The number of hydrogen-bond donors (Lipinski definition) is 0. The van der Waals surface area contributed by atoms with Gasteiger partial charge in [-0.3, -0.25) is 0 Å². The minimum atomic E-state index is -3.94. The van der Waals surface area contributed by atoms with Crippen molar-refractivity contribution in [1.29, 1.82) is 0 Å². The fourth-order valence-electron chi connectivity index (χ4n) is 0. The predicted octanol–water partition coefficient (Wildman–Crippen LogP) is -3.24. The molecule has 2 radical (unpaired) electrons. The van der Waals surface area contributed by atoms with Crippen LogP contribution in [0.25, 0.3) is 0 Å². The fourth-order valence-corrected chi connectivity index (χ4v) is 0. The summed E-state index contributed by atoms with van der Waals surface area (Å²) in [6.45, 7) is 0. The largest absolute Gasteiger partial charge is 2.00 e. The third kappa shape index (κ3) is 327. The summed E-state index contributed by atoms with van der Waals surface area (Å²) in [6.07, 6.45) is 0. The van der Waals surface area contributed by atoms with Gasteiger partial charge in [0.1, 0.15) is 0 Å². The second-order valence-electron chi connectivity index (χ2n) is 0.447. The summed E-state index contributed by atoms with van der Waals surface area (Å²) in [6, 6.07) is 0. The Bertz CT molecular complexity index is 128. The van der Waals surface area contributed by atoms with Crippen molar-refractivity contribution in [3.05, 3.63) is 0 Å². The van der Waals surface area contributed by atoms with Crippen LogP contribution in [0.3, 0.4) is 0 Å². The Hall–Kier alpha value is 1.21. The molecule has 0 aromatic carbocycles. The summed E-state index contributed by atoms with van der Waals surface area (Å²) in [5, 5.41) is 0. The van der Waals surface area contributed by atoms with Gasteiger partial charge in [0.05, 0.1) is 0 Å². The fraction of sp³-hybridized carbons (Fsp3) is 0. The van der Waals surface area contributed by atoms with Gasteiger partial charge in [0.2, 0.25) is 0 Å². The van der Waals surface area contributed by atoms with Crippen LogP contribution in [0, 0.1) is 0 Å². The van der Waals surface area contributed by atoms with Crippen LogP contribution in [0.2, 0.25) is 0 Å². The molecule has 0 spiro atoms. The second-order valence-corrected chi connectivity index (χ2v) is 1.84. The van der Waals surface area contributed by atoms with Gasteiger partial charge in [-0.05, 0) is 0 Å². The molecule has 0 bridgehead atoms. The first-order valence-electron chi connectivity index (χ1n) is 1.10. The van der Waals surface area contributed by atoms with E-state index in [2.05, 4.69) is 0 Å². The van der Waals surface area contributed by atoms with Crippen molar-refractivity contribution >= 4 is 27.3 Å². The summed E-state index contributed by atoms with van der Waals surface area (Å²) in [5.74, 6) is 0. The quantitative estimate of drug-likeness (QED) is 0.392. The summed E-state index contributed by atoms with van der Waals surface area (Å²) in [4.78, 5) is 0. The van der Waals surface area contributed by atoms with E-state index >= 15 is 0 Å². The van der Waals surface area contributed by atoms with Gasteiger partial charge in [-0.15, -0.1) is 0 Å². The number of rotatable bonds is 0. The molecule has 0 atom stereocenters. The third-order valence-corrected chi connectivity index (χ3v) is 0. The topological polar surface area (TPSA) is 114 Å². The van der Waals surface area contributed by atoms with Crippen LogP contribution in [0.15, 0.2) is 0 Å². The van der Waals surface area contributed by atoms with E-state index in [1.54, 1.807) is 0 Å². The maximum absolute atomic E-state index is 8.56. The van der Waals surface area contributed by atoms with E-state index in [1.807, 2.05) is 0 Å². The minimum Gasteiger partial charge on any atom is 2.00 e. The van der Waals surface area contributed by atoms with E-state index in [0.717, 1.165) is 0 Å². The molecule has 0 heterocycles. The molecule has 0 fully saturated rings. The molecule has 0 aliphatic rings. The van der Waals surface area contributed by atoms with Crippen LogP contribution >= 0.6 is 0 Å². The smallest absolute Gasteiger partial charge is 2.00 e. The molecule has 9 heteroatoms. The Labute approximate surface area is 80.1 Å². The summed E-state index contributed by atoms with van der Waals surface area (Å²) < 4.78 is 51.4. The zero-order valence-electron chi connectivity index (χ0n) is 3.84. The predicted molar refractivity (Wildman–Crippen MR) is 8.50 cm³/mol. The third-order valence-electron chi connectivity index (χ3n) is 0. The van der Waals surface area contributed by atoms with Gasteiger partial charge >= 0.3 is 80.9 Å². The first-order valence-corrected chi connectivity index (χ1v) is 4.52. The van der Waals surface area contributed by atoms with Crippen LogP contribution < -0.4 is 8.06 Å². The van der Waals surface area contributed by atoms with Crippen molar-refractivity contribution in [3.63, 3.8) is 0 Å². The van der Waals surface area contributed by atoms with Crippen LogP contribution in [0.5, 0.6) is 0 Å². The molecule has 0 saturated heterocycles. The molecular weight excluding hydrogens is 405 g/mol. The Balaban J connectivity index is -0.0000000720. The van der Waals surface area contributed by atoms with Gasteiger partial charge in [-0.2, -0.15) is 0 Å². The Kier molecular flexibility index (Phi) is 22.1. The first-order chi connectivity index (χ1) is 3.46. The van der Waals surface area contributed by atoms with Crippen molar-refractivity contribution < 1.29 is 53.6 Å². The zero-order valence-corrected chi connectivity index (χ0v) is 10.5. The zero-order chi connectivity index (χ0) is 7.15. The van der Waals surface area contributed by atoms with Crippen LogP contribution in [0.1, 0.15) is 0 Å². The average Bonchev–Trinajstić information content (AvgIpc) is 1.25. The molecule has 0 amide bonds. The van der Waals surface area contributed by atoms with Crippen molar-refractivity contribution in [2.45, 2.75) is 0 Å². The van der Waals surface area contributed by atoms with Gasteiger partial charge < -0.3 is 0 Å². The maximum atomic E-state index is 8.56. The van der Waals surface area contributed by atoms with E-state index in [4.69, 9.17) is 22.8 Å².